The summed E-state index contributed by atoms with van der Waals surface area (Å²) >= 11 is 0. The second kappa shape index (κ2) is 13.5. The predicted octanol–water partition coefficient (Wildman–Crippen LogP) is 2.13. The van der Waals surface area contributed by atoms with Gasteiger partial charge >= 0.3 is 0 Å². The van der Waals surface area contributed by atoms with Gasteiger partial charge in [0.05, 0.1) is 19.2 Å². The number of hydrogen-bond donors (Lipinski definition) is 2. The minimum Gasteiger partial charge on any atom is -0.311 e. The van der Waals surface area contributed by atoms with Crippen molar-refractivity contribution in [2.45, 2.75) is 24.9 Å². The van der Waals surface area contributed by atoms with Crippen LogP contribution in [0.25, 0.3) is 0 Å². The molecular weight excluding hydrogens is 392 g/mol. The molecule has 0 bridgehead atoms. The third-order valence-corrected chi connectivity index (χ3v) is 4.49. The average Bonchev–Trinajstić information content (AvgIpc) is 2.77. The van der Waals surface area contributed by atoms with E-state index in [1.54, 1.807) is 45.4 Å². The Bertz CT molecular complexity index is 770. The molecule has 0 spiro atoms. The molecule has 2 N–H and O–H groups in total. The molecule has 164 valence electrons. The molecule has 0 fully saturated rings. The van der Waals surface area contributed by atoms with Crippen molar-refractivity contribution in [3.63, 3.8) is 0 Å². The Labute approximate surface area is 176 Å². The van der Waals surface area contributed by atoms with Crippen LogP contribution in [0.2, 0.25) is 0 Å². The van der Waals surface area contributed by atoms with Crippen molar-refractivity contribution >= 4 is 12.2 Å². The lowest BCUT2D eigenvalue weighted by molar-refractivity contribution is -0.170. The first-order chi connectivity index (χ1) is 14.3. The zero-order chi connectivity index (χ0) is 22.5. The maximum atomic E-state index is 12.7. The number of halogens is 2. The summed E-state index contributed by atoms with van der Waals surface area (Å²) in [5.74, 6) is -0.703. The highest BCUT2D eigenvalue weighted by Crippen LogP contribution is 2.07. The minimum absolute atomic E-state index is 0.167. The van der Waals surface area contributed by atoms with Crippen LogP contribution in [0.4, 0.5) is 8.78 Å². The third kappa shape index (κ3) is 8.77. The summed E-state index contributed by atoms with van der Waals surface area (Å²) in [4.78, 5) is 27.1. The van der Waals surface area contributed by atoms with Crippen molar-refractivity contribution in [3.05, 3.63) is 71.3 Å². The first kappa shape index (κ1) is 25.4. The summed E-state index contributed by atoms with van der Waals surface area (Å²) in [6, 6.07) is 11.7. The van der Waals surface area contributed by atoms with E-state index in [-0.39, 0.29) is 29.6 Å². The highest BCUT2D eigenvalue weighted by Gasteiger charge is 2.20. The zero-order valence-electron chi connectivity index (χ0n) is 17.7. The highest BCUT2D eigenvalue weighted by atomic mass is 19.1. The van der Waals surface area contributed by atoms with Gasteiger partial charge in [-0.1, -0.05) is 24.3 Å². The van der Waals surface area contributed by atoms with Gasteiger partial charge in [0, 0.05) is 7.05 Å². The Morgan fingerprint density at radius 2 is 1.43 bits per heavy atom. The van der Waals surface area contributed by atoms with Gasteiger partial charge in [0.2, 0.25) is 0 Å². The number of rotatable bonds is 9. The molecule has 0 aliphatic heterocycles. The van der Waals surface area contributed by atoms with Crippen molar-refractivity contribution < 1.29 is 23.2 Å². The zero-order valence-corrected chi connectivity index (χ0v) is 17.7. The number of hydroxylamine groups is 2. The second-order valence-electron chi connectivity index (χ2n) is 6.55. The highest BCUT2D eigenvalue weighted by molar-refractivity contribution is 5.81. The molecule has 2 rings (SSSR count). The Hall–Kier alpha value is -2.68. The standard InChI is InChI=1S/C12H17FN2O2.C10H12FNO/c1-14-11(12(16)15(2)17-3)8-9-4-6-10(13)7-5-9;1-12-10(7-13)6-8-2-4-9(11)5-3-8/h4-7,11,14H,8H2,1-3H3;2-5,7,10,12H,6H2,1H3/t11-;10-/m00/s1. The topological polar surface area (TPSA) is 70.7 Å². The largest absolute Gasteiger partial charge is 0.311 e. The van der Waals surface area contributed by atoms with Crippen molar-refractivity contribution in [3.8, 4) is 0 Å². The summed E-state index contributed by atoms with van der Waals surface area (Å²) in [6.45, 7) is 0. The van der Waals surface area contributed by atoms with Crippen LogP contribution in [0.15, 0.2) is 48.5 Å². The van der Waals surface area contributed by atoms with Crippen LogP contribution in [0.1, 0.15) is 11.1 Å². The quantitative estimate of drug-likeness (QED) is 0.480. The number of aldehydes is 1. The molecule has 2 aromatic rings. The molecule has 0 aliphatic carbocycles. The molecule has 8 heteroatoms. The molecule has 0 heterocycles. The Balaban J connectivity index is 0.000000311. The maximum Gasteiger partial charge on any atom is 0.263 e. The molecule has 0 saturated carbocycles. The predicted molar refractivity (Wildman–Crippen MR) is 112 cm³/mol. The van der Waals surface area contributed by atoms with Gasteiger partial charge in [-0.15, -0.1) is 0 Å². The van der Waals surface area contributed by atoms with Crippen LogP contribution in [0.3, 0.4) is 0 Å². The van der Waals surface area contributed by atoms with Crippen LogP contribution < -0.4 is 10.6 Å². The summed E-state index contributed by atoms with van der Waals surface area (Å²) in [6.07, 6.45) is 1.94. The molecule has 0 unspecified atom stereocenters. The third-order valence-electron chi connectivity index (χ3n) is 4.49. The Morgan fingerprint density at radius 1 is 0.967 bits per heavy atom. The van der Waals surface area contributed by atoms with Gasteiger partial charge in [0.25, 0.3) is 5.91 Å². The van der Waals surface area contributed by atoms with Gasteiger partial charge in [0.1, 0.15) is 17.9 Å². The van der Waals surface area contributed by atoms with E-state index in [1.165, 1.54) is 36.4 Å². The Morgan fingerprint density at radius 3 is 1.80 bits per heavy atom. The van der Waals surface area contributed by atoms with E-state index in [9.17, 15) is 18.4 Å². The second-order valence-corrected chi connectivity index (χ2v) is 6.55. The monoisotopic (exact) mass is 421 g/mol. The van der Waals surface area contributed by atoms with Crippen molar-refractivity contribution in [2.75, 3.05) is 28.3 Å². The lowest BCUT2D eigenvalue weighted by Gasteiger charge is -2.21. The minimum atomic E-state index is -0.384. The van der Waals surface area contributed by atoms with Crippen molar-refractivity contribution in [1.29, 1.82) is 0 Å². The van der Waals surface area contributed by atoms with E-state index in [0.29, 0.717) is 12.8 Å². The van der Waals surface area contributed by atoms with Gasteiger partial charge in [-0.2, -0.15) is 0 Å². The molecule has 30 heavy (non-hydrogen) atoms. The van der Waals surface area contributed by atoms with Crippen molar-refractivity contribution in [1.82, 2.24) is 15.7 Å². The molecule has 6 nitrogen and oxygen atoms in total. The number of hydrogen-bond acceptors (Lipinski definition) is 5. The van der Waals surface area contributed by atoms with Crippen LogP contribution in [-0.2, 0) is 27.3 Å². The SMILES string of the molecule is CN[C@@H](Cc1ccc(F)cc1)C(=O)N(C)OC.CN[C@H](C=O)Cc1ccc(F)cc1. The lowest BCUT2D eigenvalue weighted by atomic mass is 10.1. The fourth-order valence-electron chi connectivity index (χ4n) is 2.57. The lowest BCUT2D eigenvalue weighted by Crippen LogP contribution is -2.44. The van der Waals surface area contributed by atoms with E-state index < -0.39 is 0 Å². The van der Waals surface area contributed by atoms with Gasteiger partial charge in [-0.3, -0.25) is 9.63 Å². The number of benzene rings is 2. The first-order valence-electron chi connectivity index (χ1n) is 9.45. The smallest absolute Gasteiger partial charge is 0.263 e. The molecule has 2 atom stereocenters. The van der Waals surface area contributed by atoms with Crippen LogP contribution in [-0.4, -0.2) is 57.6 Å². The van der Waals surface area contributed by atoms with Crippen LogP contribution in [0.5, 0.6) is 0 Å². The number of nitrogens with zero attached hydrogens (tertiary/aromatic N) is 1. The van der Waals surface area contributed by atoms with E-state index >= 15 is 0 Å². The number of likely N-dealkylation sites (N-methyl/N-ethyl adjacent to an activating group) is 3. The van der Waals surface area contributed by atoms with Crippen LogP contribution >= 0.6 is 0 Å². The maximum absolute atomic E-state index is 12.7. The fourth-order valence-corrected chi connectivity index (χ4v) is 2.57. The van der Waals surface area contributed by atoms with E-state index in [4.69, 9.17) is 4.84 Å². The van der Waals surface area contributed by atoms with E-state index in [1.807, 2.05) is 0 Å². The molecule has 0 aromatic heterocycles. The van der Waals surface area contributed by atoms with Gasteiger partial charge in [0.15, 0.2) is 0 Å². The Kier molecular flexibility index (Phi) is 11.4. The first-order valence-corrected chi connectivity index (χ1v) is 9.45. The molecular formula is C22H29F2N3O3. The summed E-state index contributed by atoms with van der Waals surface area (Å²) in [7, 11) is 6.41. The molecule has 0 radical (unpaired) electrons. The number of carbonyl (C=O) groups excluding carboxylic acids is 2. The van der Waals surface area contributed by atoms with Gasteiger partial charge in [-0.25, -0.2) is 13.8 Å². The van der Waals surface area contributed by atoms with E-state index in [2.05, 4.69) is 10.6 Å². The number of amides is 1. The fraction of sp³-hybridized carbons (Fsp3) is 0.364. The normalized spacial score (nSPS) is 12.3. The van der Waals surface area contributed by atoms with Crippen LogP contribution in [0, 0.1) is 11.6 Å². The van der Waals surface area contributed by atoms with Crippen molar-refractivity contribution in [2.24, 2.45) is 0 Å². The number of nitrogens with one attached hydrogen (secondary N) is 2. The molecule has 1 amide bonds. The summed E-state index contributed by atoms with van der Waals surface area (Å²) < 4.78 is 25.2. The number of carbonyl (C=O) groups is 2. The van der Waals surface area contributed by atoms with Gasteiger partial charge < -0.3 is 15.4 Å². The molecule has 0 saturated heterocycles. The van der Waals surface area contributed by atoms with Gasteiger partial charge in [-0.05, 0) is 62.3 Å². The molecule has 2 aromatic carbocycles. The molecule has 0 aliphatic rings. The summed E-state index contributed by atoms with van der Waals surface area (Å²) in [5.41, 5.74) is 1.84. The summed E-state index contributed by atoms with van der Waals surface area (Å²) in [5, 5.41) is 6.94. The average molecular weight is 421 g/mol. The van der Waals surface area contributed by atoms with E-state index in [0.717, 1.165) is 17.4 Å².